The van der Waals surface area contributed by atoms with Gasteiger partial charge in [0.1, 0.15) is 0 Å². The highest BCUT2D eigenvalue weighted by atomic mass is 79.9. The molecule has 2 N–H and O–H groups in total. The lowest BCUT2D eigenvalue weighted by Gasteiger charge is -2.16. The van der Waals surface area contributed by atoms with Gasteiger partial charge >= 0.3 is 0 Å². The number of halogens is 1. The number of aromatic hydroxyl groups is 1. The number of hydrogen-bond acceptors (Lipinski definition) is 3. The van der Waals surface area contributed by atoms with E-state index in [-0.39, 0.29) is 5.75 Å². The molecule has 0 aliphatic carbocycles. The van der Waals surface area contributed by atoms with Gasteiger partial charge < -0.3 is 15.2 Å². The highest BCUT2D eigenvalue weighted by Gasteiger charge is 2.20. The van der Waals surface area contributed by atoms with Crippen LogP contribution in [0, 0.1) is 0 Å². The van der Waals surface area contributed by atoms with Crippen molar-refractivity contribution < 1.29 is 9.84 Å². The second-order valence-electron chi connectivity index (χ2n) is 4.08. The zero-order valence-corrected chi connectivity index (χ0v) is 10.9. The minimum Gasteiger partial charge on any atom is -0.504 e. The van der Waals surface area contributed by atoms with Gasteiger partial charge in [0.05, 0.1) is 7.11 Å². The van der Waals surface area contributed by atoms with Crippen LogP contribution in [0.5, 0.6) is 11.5 Å². The van der Waals surface area contributed by atoms with Crippen LogP contribution < -0.4 is 10.1 Å². The maximum Gasteiger partial charge on any atom is 0.164 e. The van der Waals surface area contributed by atoms with E-state index in [1.807, 2.05) is 6.07 Å². The van der Waals surface area contributed by atoms with Gasteiger partial charge in [-0.25, -0.2) is 0 Å². The summed E-state index contributed by atoms with van der Waals surface area (Å²) in [5.74, 6) is 0.793. The fourth-order valence-corrected chi connectivity index (χ4v) is 2.66. The molecule has 1 atom stereocenters. The van der Waals surface area contributed by atoms with E-state index >= 15 is 0 Å². The third-order valence-electron chi connectivity index (χ3n) is 3.00. The van der Waals surface area contributed by atoms with Crippen LogP contribution in [0.15, 0.2) is 16.6 Å². The summed E-state index contributed by atoms with van der Waals surface area (Å²) >= 11 is 3.51. The van der Waals surface area contributed by atoms with Crippen LogP contribution in [-0.2, 0) is 6.42 Å². The van der Waals surface area contributed by atoms with E-state index < -0.39 is 0 Å². The van der Waals surface area contributed by atoms with Crippen molar-refractivity contribution >= 4 is 15.9 Å². The Labute approximate surface area is 104 Å². The second kappa shape index (κ2) is 5.06. The van der Waals surface area contributed by atoms with E-state index in [9.17, 15) is 5.11 Å². The number of ether oxygens (including phenoxy) is 1. The van der Waals surface area contributed by atoms with Crippen LogP contribution >= 0.6 is 15.9 Å². The van der Waals surface area contributed by atoms with Crippen molar-refractivity contribution in [2.24, 2.45) is 0 Å². The zero-order valence-electron chi connectivity index (χ0n) is 9.29. The van der Waals surface area contributed by atoms with Crippen molar-refractivity contribution in [1.29, 1.82) is 0 Å². The first-order chi connectivity index (χ1) is 7.72. The first kappa shape index (κ1) is 11.7. The van der Waals surface area contributed by atoms with Crippen molar-refractivity contribution in [3.63, 3.8) is 0 Å². The molecule has 0 aromatic heterocycles. The third-order valence-corrected chi connectivity index (χ3v) is 3.74. The van der Waals surface area contributed by atoms with Crippen molar-refractivity contribution in [3.8, 4) is 11.5 Å². The number of methoxy groups -OCH3 is 1. The number of nitrogens with one attached hydrogen (secondary N) is 1. The Bertz CT molecular complexity index is 376. The predicted molar refractivity (Wildman–Crippen MR) is 67.1 cm³/mol. The molecule has 1 aliphatic rings. The van der Waals surface area contributed by atoms with E-state index in [0.717, 1.165) is 23.0 Å². The summed E-state index contributed by atoms with van der Waals surface area (Å²) < 4.78 is 6.26. The summed E-state index contributed by atoms with van der Waals surface area (Å²) in [5, 5.41) is 13.2. The van der Waals surface area contributed by atoms with Gasteiger partial charge in [-0.3, -0.25) is 0 Å². The first-order valence-electron chi connectivity index (χ1n) is 5.50. The molecular weight excluding hydrogens is 270 g/mol. The van der Waals surface area contributed by atoms with E-state index in [2.05, 4.69) is 21.2 Å². The fourth-order valence-electron chi connectivity index (χ4n) is 2.19. The van der Waals surface area contributed by atoms with Crippen LogP contribution in [0.4, 0.5) is 0 Å². The molecule has 0 radical (unpaired) electrons. The van der Waals surface area contributed by atoms with Gasteiger partial charge in [-0.05, 0) is 37.9 Å². The zero-order chi connectivity index (χ0) is 11.5. The predicted octanol–water partition coefficient (Wildman–Crippen LogP) is 2.46. The molecule has 0 bridgehead atoms. The van der Waals surface area contributed by atoms with Crippen LogP contribution in [0.3, 0.4) is 0 Å². The minimum atomic E-state index is 0.207. The molecule has 0 saturated carbocycles. The number of benzene rings is 1. The lowest BCUT2D eigenvalue weighted by molar-refractivity contribution is 0.367. The molecule has 1 aromatic rings. The Morgan fingerprint density at radius 2 is 2.38 bits per heavy atom. The Balaban J connectivity index is 2.26. The standard InChI is InChI=1S/C12H16BrNO2/c1-16-12-9(7-8-3-2-6-14-8)10(13)4-5-11(12)15/h4-5,8,14-15H,2-3,6-7H2,1H3. The molecule has 2 rings (SSSR count). The van der Waals surface area contributed by atoms with Gasteiger partial charge in [-0.2, -0.15) is 0 Å². The molecule has 3 nitrogen and oxygen atoms in total. The summed E-state index contributed by atoms with van der Waals surface area (Å²) in [7, 11) is 1.59. The lowest BCUT2D eigenvalue weighted by atomic mass is 10.0. The molecule has 1 fully saturated rings. The summed E-state index contributed by atoms with van der Waals surface area (Å²) in [6.45, 7) is 1.09. The highest BCUT2D eigenvalue weighted by molar-refractivity contribution is 9.10. The van der Waals surface area contributed by atoms with Crippen LogP contribution in [0.2, 0.25) is 0 Å². The van der Waals surface area contributed by atoms with Gasteiger partial charge in [0.2, 0.25) is 0 Å². The average molecular weight is 286 g/mol. The van der Waals surface area contributed by atoms with E-state index in [1.54, 1.807) is 13.2 Å². The van der Waals surface area contributed by atoms with E-state index in [4.69, 9.17) is 4.74 Å². The van der Waals surface area contributed by atoms with Crippen LogP contribution in [0.1, 0.15) is 18.4 Å². The smallest absolute Gasteiger partial charge is 0.164 e. The summed E-state index contributed by atoms with van der Waals surface area (Å²) in [5.41, 5.74) is 1.04. The van der Waals surface area contributed by atoms with Crippen LogP contribution in [-0.4, -0.2) is 24.8 Å². The van der Waals surface area contributed by atoms with Gasteiger partial charge in [0.15, 0.2) is 11.5 Å². The molecule has 1 aromatic carbocycles. The summed E-state index contributed by atoms with van der Waals surface area (Å²) in [4.78, 5) is 0. The molecule has 88 valence electrons. The van der Waals surface area contributed by atoms with Gasteiger partial charge in [0, 0.05) is 16.1 Å². The van der Waals surface area contributed by atoms with E-state index in [0.29, 0.717) is 11.8 Å². The molecule has 4 heteroatoms. The number of phenolic OH excluding ortho intramolecular Hbond substituents is 1. The van der Waals surface area contributed by atoms with Gasteiger partial charge in [-0.15, -0.1) is 0 Å². The topological polar surface area (TPSA) is 41.5 Å². The summed E-state index contributed by atoms with van der Waals surface area (Å²) in [6.07, 6.45) is 3.30. The first-order valence-corrected chi connectivity index (χ1v) is 6.29. The van der Waals surface area contributed by atoms with Crippen molar-refractivity contribution in [2.75, 3.05) is 13.7 Å². The molecule has 16 heavy (non-hydrogen) atoms. The largest absolute Gasteiger partial charge is 0.504 e. The Hall–Kier alpha value is -0.740. The van der Waals surface area contributed by atoms with Crippen molar-refractivity contribution in [2.45, 2.75) is 25.3 Å². The van der Waals surface area contributed by atoms with Crippen LogP contribution in [0.25, 0.3) is 0 Å². The number of rotatable bonds is 3. The molecule has 1 unspecified atom stereocenters. The average Bonchev–Trinajstić information content (AvgIpc) is 2.77. The molecule has 1 aliphatic heterocycles. The molecule has 0 amide bonds. The monoisotopic (exact) mass is 285 g/mol. The van der Waals surface area contributed by atoms with Crippen molar-refractivity contribution in [3.05, 3.63) is 22.2 Å². The molecular formula is C12H16BrNO2. The third kappa shape index (κ3) is 2.33. The SMILES string of the molecule is COc1c(O)ccc(Br)c1CC1CCCN1. The highest BCUT2D eigenvalue weighted by Crippen LogP contribution is 2.36. The Morgan fingerprint density at radius 3 is 3.00 bits per heavy atom. The Kier molecular flexibility index (Phi) is 3.71. The normalized spacial score (nSPS) is 20.0. The quantitative estimate of drug-likeness (QED) is 0.897. The molecule has 1 saturated heterocycles. The van der Waals surface area contributed by atoms with Gasteiger partial charge in [0.25, 0.3) is 0 Å². The summed E-state index contributed by atoms with van der Waals surface area (Å²) in [6, 6.07) is 4.00. The maximum absolute atomic E-state index is 9.72. The fraction of sp³-hybridized carbons (Fsp3) is 0.500. The number of phenols is 1. The second-order valence-corrected chi connectivity index (χ2v) is 4.93. The lowest BCUT2D eigenvalue weighted by Crippen LogP contribution is -2.24. The number of hydrogen-bond donors (Lipinski definition) is 2. The molecule has 1 heterocycles. The minimum absolute atomic E-state index is 0.207. The Morgan fingerprint density at radius 1 is 1.56 bits per heavy atom. The molecule has 0 spiro atoms. The maximum atomic E-state index is 9.72. The van der Waals surface area contributed by atoms with Gasteiger partial charge in [-0.1, -0.05) is 15.9 Å². The van der Waals surface area contributed by atoms with E-state index in [1.165, 1.54) is 12.8 Å². The van der Waals surface area contributed by atoms with Crippen molar-refractivity contribution in [1.82, 2.24) is 5.32 Å².